The summed E-state index contributed by atoms with van der Waals surface area (Å²) in [6.07, 6.45) is 0. The smallest absolute Gasteiger partial charge is 0.187 e. The van der Waals surface area contributed by atoms with Gasteiger partial charge >= 0.3 is 0 Å². The summed E-state index contributed by atoms with van der Waals surface area (Å²) in [7, 11) is -5.83. The molecule has 1 aliphatic heterocycles. The second-order valence-corrected chi connectivity index (χ2v) is 10.5. The van der Waals surface area contributed by atoms with Crippen molar-refractivity contribution < 1.29 is 21.6 Å². The standard InChI is InChI=1S/C15H23NO5S2/c1-10(2)16-12-8-22(17,18)9-15(12)23(19,20)14-7-11(3)5-6-13(14)21-4/h5-7,10,12,15-16H,8-9H2,1-4H3/t12-,15-/m0/s1. The molecule has 2 atom stereocenters. The van der Waals surface area contributed by atoms with E-state index in [1.54, 1.807) is 19.1 Å². The van der Waals surface area contributed by atoms with E-state index in [0.29, 0.717) is 0 Å². The monoisotopic (exact) mass is 361 g/mol. The van der Waals surface area contributed by atoms with Gasteiger partial charge in [-0.25, -0.2) is 16.8 Å². The lowest BCUT2D eigenvalue weighted by Crippen LogP contribution is -2.46. The summed E-state index contributed by atoms with van der Waals surface area (Å²) in [4.78, 5) is 0.0534. The maximum atomic E-state index is 13.1. The van der Waals surface area contributed by atoms with Crippen LogP contribution in [0, 0.1) is 6.92 Å². The molecule has 1 fully saturated rings. The second-order valence-electron chi connectivity index (χ2n) is 6.24. The molecule has 6 nitrogen and oxygen atoms in total. The molecule has 0 amide bonds. The summed E-state index contributed by atoms with van der Waals surface area (Å²) in [5.74, 6) is -0.289. The molecule has 8 heteroatoms. The van der Waals surface area contributed by atoms with E-state index >= 15 is 0 Å². The van der Waals surface area contributed by atoms with Crippen LogP contribution in [0.15, 0.2) is 23.1 Å². The van der Waals surface area contributed by atoms with Crippen molar-refractivity contribution in [2.24, 2.45) is 0 Å². The summed E-state index contributed by atoms with van der Waals surface area (Å²) in [6.45, 7) is 5.51. The number of ether oxygens (including phenoxy) is 1. The van der Waals surface area contributed by atoms with Crippen molar-refractivity contribution in [2.45, 2.75) is 43.0 Å². The van der Waals surface area contributed by atoms with Crippen LogP contribution >= 0.6 is 0 Å². The van der Waals surface area contributed by atoms with Crippen LogP contribution in [0.25, 0.3) is 0 Å². The zero-order chi connectivity index (χ0) is 17.4. The zero-order valence-corrected chi connectivity index (χ0v) is 15.4. The van der Waals surface area contributed by atoms with Gasteiger partial charge in [-0.05, 0) is 24.6 Å². The van der Waals surface area contributed by atoms with Gasteiger partial charge in [-0.15, -0.1) is 0 Å². The number of methoxy groups -OCH3 is 1. The van der Waals surface area contributed by atoms with E-state index in [2.05, 4.69) is 5.32 Å². The summed E-state index contributed by atoms with van der Waals surface area (Å²) in [6, 6.07) is 4.26. The molecule has 1 saturated heterocycles. The maximum absolute atomic E-state index is 13.1. The lowest BCUT2D eigenvalue weighted by Gasteiger charge is -2.23. The molecule has 0 saturated carbocycles. The Labute approximate surface area is 138 Å². The van der Waals surface area contributed by atoms with Gasteiger partial charge in [0.15, 0.2) is 19.7 Å². The van der Waals surface area contributed by atoms with Gasteiger partial charge in [-0.1, -0.05) is 19.9 Å². The highest BCUT2D eigenvalue weighted by Crippen LogP contribution is 2.32. The fourth-order valence-electron chi connectivity index (χ4n) is 2.87. The van der Waals surface area contributed by atoms with E-state index in [0.717, 1.165) is 5.56 Å². The van der Waals surface area contributed by atoms with E-state index in [1.807, 2.05) is 13.8 Å². The Morgan fingerprint density at radius 1 is 1.26 bits per heavy atom. The highest BCUT2D eigenvalue weighted by atomic mass is 32.2. The highest BCUT2D eigenvalue weighted by Gasteiger charge is 2.46. The van der Waals surface area contributed by atoms with E-state index in [9.17, 15) is 16.8 Å². The highest BCUT2D eigenvalue weighted by molar-refractivity contribution is 7.96. The predicted molar refractivity (Wildman–Crippen MR) is 89.4 cm³/mol. The maximum Gasteiger partial charge on any atom is 0.187 e. The lowest BCUT2D eigenvalue weighted by molar-refractivity contribution is 0.401. The first-order valence-corrected chi connectivity index (χ1v) is 10.8. The lowest BCUT2D eigenvalue weighted by atomic mass is 10.2. The number of rotatable bonds is 5. The largest absolute Gasteiger partial charge is 0.495 e. The van der Waals surface area contributed by atoms with Gasteiger partial charge in [0.2, 0.25) is 0 Å². The summed E-state index contributed by atoms with van der Waals surface area (Å²) in [5.41, 5.74) is 0.776. The van der Waals surface area contributed by atoms with Crippen LogP contribution in [0.3, 0.4) is 0 Å². The summed E-state index contributed by atoms with van der Waals surface area (Å²) in [5, 5.41) is 2.07. The second kappa shape index (κ2) is 6.41. The molecule has 0 aromatic heterocycles. The van der Waals surface area contributed by atoms with Gasteiger partial charge in [-0.3, -0.25) is 0 Å². The molecule has 23 heavy (non-hydrogen) atoms. The molecule has 1 heterocycles. The van der Waals surface area contributed by atoms with Crippen LogP contribution in [-0.2, 0) is 19.7 Å². The van der Waals surface area contributed by atoms with E-state index in [-0.39, 0.29) is 28.2 Å². The molecular weight excluding hydrogens is 338 g/mol. The molecule has 0 spiro atoms. The third-order valence-corrected chi connectivity index (χ3v) is 8.04. The molecule has 130 valence electrons. The van der Waals surface area contributed by atoms with Gasteiger partial charge in [0, 0.05) is 12.1 Å². The summed E-state index contributed by atoms with van der Waals surface area (Å²) >= 11 is 0. The predicted octanol–water partition coefficient (Wildman–Crippen LogP) is 0.941. The first kappa shape index (κ1) is 18.2. The third-order valence-electron chi connectivity index (χ3n) is 3.87. The van der Waals surface area contributed by atoms with Crippen molar-refractivity contribution in [3.05, 3.63) is 23.8 Å². The van der Waals surface area contributed by atoms with Gasteiger partial charge in [0.1, 0.15) is 10.6 Å². The number of sulfone groups is 2. The van der Waals surface area contributed by atoms with E-state index in [1.165, 1.54) is 13.2 Å². The van der Waals surface area contributed by atoms with E-state index < -0.39 is 31.0 Å². The third kappa shape index (κ3) is 3.87. The van der Waals surface area contributed by atoms with Gasteiger partial charge in [0.05, 0.1) is 23.9 Å². The Morgan fingerprint density at radius 3 is 2.48 bits per heavy atom. The Hall–Kier alpha value is -1.12. The molecule has 0 aliphatic carbocycles. The molecule has 0 radical (unpaired) electrons. The Kier molecular flexibility index (Phi) is 5.08. The van der Waals surface area contributed by atoms with Crippen LogP contribution in [0.4, 0.5) is 0 Å². The molecule has 0 bridgehead atoms. The molecule has 1 N–H and O–H groups in total. The van der Waals surface area contributed by atoms with Crippen molar-refractivity contribution in [1.82, 2.24) is 5.32 Å². The Morgan fingerprint density at radius 2 is 1.91 bits per heavy atom. The zero-order valence-electron chi connectivity index (χ0n) is 13.7. The molecular formula is C15H23NO5S2. The molecule has 0 unspecified atom stereocenters. The van der Waals surface area contributed by atoms with Crippen molar-refractivity contribution in [3.8, 4) is 5.75 Å². The van der Waals surface area contributed by atoms with E-state index in [4.69, 9.17) is 4.74 Å². The fraction of sp³-hybridized carbons (Fsp3) is 0.600. The first-order chi connectivity index (χ1) is 10.6. The normalized spacial score (nSPS) is 24.0. The fourth-order valence-corrected chi connectivity index (χ4v) is 7.79. The van der Waals surface area contributed by atoms with Crippen molar-refractivity contribution in [2.75, 3.05) is 18.6 Å². The number of aryl methyl sites for hydroxylation is 1. The molecule has 1 aromatic carbocycles. The molecule has 1 aliphatic rings. The van der Waals surface area contributed by atoms with Crippen molar-refractivity contribution >= 4 is 19.7 Å². The Bertz CT molecular complexity index is 784. The number of benzene rings is 1. The van der Waals surface area contributed by atoms with Crippen LogP contribution in [0.5, 0.6) is 5.75 Å². The van der Waals surface area contributed by atoms with Gasteiger partial charge in [-0.2, -0.15) is 0 Å². The van der Waals surface area contributed by atoms with Crippen LogP contribution in [0.2, 0.25) is 0 Å². The topological polar surface area (TPSA) is 89.5 Å². The van der Waals surface area contributed by atoms with Crippen molar-refractivity contribution in [1.29, 1.82) is 0 Å². The van der Waals surface area contributed by atoms with Crippen molar-refractivity contribution in [3.63, 3.8) is 0 Å². The minimum absolute atomic E-state index is 0.00888. The number of nitrogens with one attached hydrogen (secondary N) is 1. The first-order valence-electron chi connectivity index (χ1n) is 7.42. The summed E-state index contributed by atoms with van der Waals surface area (Å²) < 4.78 is 55.3. The average Bonchev–Trinajstić information content (AvgIpc) is 2.73. The van der Waals surface area contributed by atoms with Crippen LogP contribution in [-0.4, -0.2) is 52.8 Å². The van der Waals surface area contributed by atoms with Crippen LogP contribution in [0.1, 0.15) is 19.4 Å². The average molecular weight is 361 g/mol. The van der Waals surface area contributed by atoms with Gasteiger partial charge < -0.3 is 10.1 Å². The van der Waals surface area contributed by atoms with Crippen LogP contribution < -0.4 is 10.1 Å². The minimum atomic E-state index is -3.84. The number of hydrogen-bond acceptors (Lipinski definition) is 6. The number of hydrogen-bond donors (Lipinski definition) is 1. The SMILES string of the molecule is COc1ccc(C)cc1S(=O)(=O)[C@H]1CS(=O)(=O)C[C@@H]1NC(C)C. The minimum Gasteiger partial charge on any atom is -0.495 e. The van der Waals surface area contributed by atoms with Gasteiger partial charge in [0.25, 0.3) is 0 Å². The quantitative estimate of drug-likeness (QED) is 0.840. The molecule has 2 rings (SSSR count). The Balaban J connectivity index is 2.51. The molecule has 1 aromatic rings.